The SMILES string of the molecule is CNCc1cc(S(=O)(=O)NC(C)C2CC2)c[nH]1. The molecule has 1 aromatic rings. The molecule has 1 atom stereocenters. The normalized spacial score (nSPS) is 18.2. The van der Waals surface area contributed by atoms with E-state index in [0.717, 1.165) is 18.5 Å². The third kappa shape index (κ3) is 3.08. The highest BCUT2D eigenvalue weighted by atomic mass is 32.2. The van der Waals surface area contributed by atoms with E-state index < -0.39 is 10.0 Å². The smallest absolute Gasteiger partial charge is 0.242 e. The third-order valence-electron chi connectivity index (χ3n) is 3.06. The second kappa shape index (κ2) is 4.80. The Morgan fingerprint density at radius 2 is 2.24 bits per heavy atom. The van der Waals surface area contributed by atoms with Crippen LogP contribution in [0.15, 0.2) is 17.2 Å². The molecule has 1 aliphatic carbocycles. The fourth-order valence-electron chi connectivity index (χ4n) is 1.87. The Kier molecular flexibility index (Phi) is 3.56. The van der Waals surface area contributed by atoms with Gasteiger partial charge in [0, 0.05) is 24.5 Å². The van der Waals surface area contributed by atoms with Gasteiger partial charge in [0.25, 0.3) is 0 Å². The number of rotatable bonds is 6. The molecule has 1 aromatic heterocycles. The number of sulfonamides is 1. The molecule has 0 saturated heterocycles. The van der Waals surface area contributed by atoms with Crippen molar-refractivity contribution in [1.29, 1.82) is 0 Å². The summed E-state index contributed by atoms with van der Waals surface area (Å²) < 4.78 is 26.8. The second-order valence-corrected chi connectivity index (χ2v) is 6.35. The fraction of sp³-hybridized carbons (Fsp3) is 0.636. The summed E-state index contributed by atoms with van der Waals surface area (Å²) in [6.45, 7) is 2.56. The van der Waals surface area contributed by atoms with Crippen LogP contribution in [0.3, 0.4) is 0 Å². The molecule has 3 N–H and O–H groups in total. The van der Waals surface area contributed by atoms with Gasteiger partial charge >= 0.3 is 0 Å². The van der Waals surface area contributed by atoms with Crippen LogP contribution in [0.4, 0.5) is 0 Å². The fourth-order valence-corrected chi connectivity index (χ4v) is 3.20. The Balaban J connectivity index is 2.07. The van der Waals surface area contributed by atoms with Crippen molar-refractivity contribution < 1.29 is 8.42 Å². The number of nitrogens with one attached hydrogen (secondary N) is 3. The first-order chi connectivity index (χ1) is 8.03. The van der Waals surface area contributed by atoms with Crippen LogP contribution < -0.4 is 10.0 Å². The lowest BCUT2D eigenvalue weighted by Crippen LogP contribution is -2.33. The van der Waals surface area contributed by atoms with E-state index in [0.29, 0.717) is 17.4 Å². The van der Waals surface area contributed by atoms with Gasteiger partial charge in [0.15, 0.2) is 0 Å². The van der Waals surface area contributed by atoms with Crippen LogP contribution in [0.1, 0.15) is 25.5 Å². The summed E-state index contributed by atoms with van der Waals surface area (Å²) in [7, 11) is -1.55. The van der Waals surface area contributed by atoms with E-state index in [4.69, 9.17) is 0 Å². The number of aromatic nitrogens is 1. The summed E-state index contributed by atoms with van der Waals surface area (Å²) in [6, 6.07) is 1.70. The summed E-state index contributed by atoms with van der Waals surface area (Å²) >= 11 is 0. The minimum atomic E-state index is -3.37. The van der Waals surface area contributed by atoms with Crippen LogP contribution in [0.25, 0.3) is 0 Å². The standard InChI is InChI=1S/C11H19N3O2S/c1-8(9-3-4-9)14-17(15,16)11-5-10(6-12-2)13-7-11/h5,7-9,12-14H,3-4,6H2,1-2H3. The van der Waals surface area contributed by atoms with Gasteiger partial charge in [0.05, 0.1) is 4.90 Å². The van der Waals surface area contributed by atoms with Gasteiger partial charge in [0.1, 0.15) is 0 Å². The number of hydrogen-bond acceptors (Lipinski definition) is 3. The number of hydrogen-bond donors (Lipinski definition) is 3. The maximum atomic E-state index is 12.0. The second-order valence-electron chi connectivity index (χ2n) is 4.64. The van der Waals surface area contributed by atoms with Crippen molar-refractivity contribution >= 4 is 10.0 Å². The summed E-state index contributed by atoms with van der Waals surface area (Å²) in [6.07, 6.45) is 3.79. The van der Waals surface area contributed by atoms with Crippen molar-refractivity contribution in [2.24, 2.45) is 5.92 Å². The molecule has 0 aromatic carbocycles. The van der Waals surface area contributed by atoms with E-state index in [9.17, 15) is 8.42 Å². The van der Waals surface area contributed by atoms with Gasteiger partial charge in [0.2, 0.25) is 10.0 Å². The van der Waals surface area contributed by atoms with Crippen LogP contribution in [-0.4, -0.2) is 26.5 Å². The van der Waals surface area contributed by atoms with Crippen LogP contribution >= 0.6 is 0 Å². The van der Waals surface area contributed by atoms with E-state index in [2.05, 4.69) is 15.0 Å². The molecule has 2 rings (SSSR count). The van der Waals surface area contributed by atoms with Crippen LogP contribution in [0.2, 0.25) is 0 Å². The summed E-state index contributed by atoms with van der Waals surface area (Å²) in [5.74, 6) is 0.514. The first kappa shape index (κ1) is 12.6. The predicted octanol–water partition coefficient (Wildman–Crippen LogP) is 0.811. The monoisotopic (exact) mass is 257 g/mol. The molecule has 6 heteroatoms. The van der Waals surface area contributed by atoms with E-state index in [1.807, 2.05) is 14.0 Å². The van der Waals surface area contributed by atoms with Gasteiger partial charge in [-0.2, -0.15) is 0 Å². The Labute approximate surface area is 102 Å². The zero-order valence-corrected chi connectivity index (χ0v) is 11.0. The minimum absolute atomic E-state index is 0.0302. The van der Waals surface area contributed by atoms with Crippen LogP contribution in [0.5, 0.6) is 0 Å². The predicted molar refractivity (Wildman–Crippen MR) is 66.1 cm³/mol. The number of aromatic amines is 1. The highest BCUT2D eigenvalue weighted by molar-refractivity contribution is 7.89. The Morgan fingerprint density at radius 1 is 1.53 bits per heavy atom. The molecule has 0 radical (unpaired) electrons. The van der Waals surface area contributed by atoms with Gasteiger partial charge in [-0.1, -0.05) is 0 Å². The Hall–Kier alpha value is -0.850. The zero-order valence-electron chi connectivity index (χ0n) is 10.2. The maximum Gasteiger partial charge on any atom is 0.242 e. The van der Waals surface area contributed by atoms with Crippen molar-refractivity contribution in [1.82, 2.24) is 15.0 Å². The first-order valence-electron chi connectivity index (χ1n) is 5.87. The molecule has 17 heavy (non-hydrogen) atoms. The van der Waals surface area contributed by atoms with Gasteiger partial charge in [-0.05, 0) is 38.8 Å². The van der Waals surface area contributed by atoms with Crippen molar-refractivity contribution in [3.8, 4) is 0 Å². The molecular weight excluding hydrogens is 238 g/mol. The zero-order chi connectivity index (χ0) is 12.5. The molecule has 5 nitrogen and oxygen atoms in total. The molecule has 96 valence electrons. The topological polar surface area (TPSA) is 74.0 Å². The van der Waals surface area contributed by atoms with Crippen molar-refractivity contribution in [3.05, 3.63) is 18.0 Å². The molecule has 1 unspecified atom stereocenters. The van der Waals surface area contributed by atoms with Crippen molar-refractivity contribution in [3.63, 3.8) is 0 Å². The molecule has 0 aliphatic heterocycles. The van der Waals surface area contributed by atoms with Gasteiger partial charge < -0.3 is 10.3 Å². The van der Waals surface area contributed by atoms with Gasteiger partial charge in [-0.15, -0.1) is 0 Å². The highest BCUT2D eigenvalue weighted by Crippen LogP contribution is 2.33. The minimum Gasteiger partial charge on any atom is -0.363 e. The average Bonchev–Trinajstić information content (AvgIpc) is 2.99. The quantitative estimate of drug-likeness (QED) is 0.706. The lowest BCUT2D eigenvalue weighted by Gasteiger charge is -2.11. The van der Waals surface area contributed by atoms with Crippen LogP contribution in [0, 0.1) is 5.92 Å². The average molecular weight is 257 g/mol. The largest absolute Gasteiger partial charge is 0.363 e. The Morgan fingerprint density at radius 3 is 2.82 bits per heavy atom. The van der Waals surface area contributed by atoms with E-state index >= 15 is 0 Å². The molecular formula is C11H19N3O2S. The Bertz CT molecular complexity index is 477. The van der Waals surface area contributed by atoms with Crippen LogP contribution in [-0.2, 0) is 16.6 Å². The third-order valence-corrected chi connectivity index (χ3v) is 4.60. The highest BCUT2D eigenvalue weighted by Gasteiger charge is 2.31. The summed E-state index contributed by atoms with van der Waals surface area (Å²) in [5.41, 5.74) is 0.868. The molecule has 1 saturated carbocycles. The lowest BCUT2D eigenvalue weighted by molar-refractivity contribution is 0.538. The van der Waals surface area contributed by atoms with Gasteiger partial charge in [-0.3, -0.25) is 0 Å². The molecule has 1 aliphatic rings. The molecule has 0 bridgehead atoms. The molecule has 0 spiro atoms. The first-order valence-corrected chi connectivity index (χ1v) is 7.35. The summed E-state index contributed by atoms with van der Waals surface area (Å²) in [5, 5.41) is 2.97. The molecule has 1 fully saturated rings. The number of H-pyrrole nitrogens is 1. The summed E-state index contributed by atoms with van der Waals surface area (Å²) in [4.78, 5) is 3.26. The van der Waals surface area contributed by atoms with E-state index in [-0.39, 0.29) is 6.04 Å². The lowest BCUT2D eigenvalue weighted by atomic mass is 10.2. The van der Waals surface area contributed by atoms with E-state index in [1.54, 1.807) is 6.07 Å². The van der Waals surface area contributed by atoms with E-state index in [1.165, 1.54) is 6.20 Å². The van der Waals surface area contributed by atoms with Gasteiger partial charge in [-0.25, -0.2) is 13.1 Å². The van der Waals surface area contributed by atoms with Crippen molar-refractivity contribution in [2.75, 3.05) is 7.05 Å². The maximum absolute atomic E-state index is 12.0. The molecule has 0 amide bonds. The molecule has 1 heterocycles. The van der Waals surface area contributed by atoms with Crippen molar-refractivity contribution in [2.45, 2.75) is 37.2 Å².